The maximum atomic E-state index is 12.0. The number of nitrogens with zero attached hydrogens (tertiary/aromatic N) is 2. The van der Waals surface area contributed by atoms with E-state index >= 15 is 0 Å². The number of nitrogens with one attached hydrogen (secondary N) is 2. The molecule has 2 aromatic heterocycles. The Bertz CT molecular complexity index is 1040. The van der Waals surface area contributed by atoms with Crippen LogP contribution in [0.25, 0.3) is 0 Å². The van der Waals surface area contributed by atoms with Crippen LogP contribution in [-0.4, -0.2) is 23.2 Å². The molecule has 8 nitrogen and oxygen atoms in total. The van der Waals surface area contributed by atoms with E-state index in [-0.39, 0.29) is 11.5 Å². The fourth-order valence-corrected chi connectivity index (χ4v) is 2.95. The van der Waals surface area contributed by atoms with Crippen LogP contribution in [0.4, 0.5) is 0 Å². The molecule has 2 amide bonds. The molecular weight excluding hydrogens is 520 g/mol. The maximum Gasteiger partial charge on any atom is 0.307 e. The maximum absolute atomic E-state index is 12.0. The van der Waals surface area contributed by atoms with Crippen molar-refractivity contribution in [3.63, 3.8) is 0 Å². The molecular formula is C20H16Br2N4O4. The van der Waals surface area contributed by atoms with Crippen LogP contribution < -0.4 is 10.9 Å². The highest BCUT2D eigenvalue weighted by molar-refractivity contribution is 9.10. The number of carbonyl (C=O) groups is 2. The zero-order chi connectivity index (χ0) is 21.7. The van der Waals surface area contributed by atoms with Crippen molar-refractivity contribution in [1.29, 1.82) is 0 Å². The minimum absolute atomic E-state index is 0.157. The molecule has 0 spiro atoms. The second kappa shape index (κ2) is 9.68. The third kappa shape index (κ3) is 5.55. The molecule has 0 aliphatic carbocycles. The molecule has 0 aliphatic heterocycles. The van der Waals surface area contributed by atoms with Crippen molar-refractivity contribution in [2.24, 2.45) is 10.2 Å². The summed E-state index contributed by atoms with van der Waals surface area (Å²) in [6.07, 6.45) is 0. The zero-order valence-electron chi connectivity index (χ0n) is 15.9. The lowest BCUT2D eigenvalue weighted by atomic mass is 10.1. The van der Waals surface area contributed by atoms with E-state index in [0.717, 1.165) is 11.1 Å². The number of rotatable bonds is 6. The summed E-state index contributed by atoms with van der Waals surface area (Å²) in [6, 6.07) is 13.7. The highest BCUT2D eigenvalue weighted by Gasteiger charge is 2.11. The first-order chi connectivity index (χ1) is 14.3. The van der Waals surface area contributed by atoms with Gasteiger partial charge in [-0.25, -0.2) is 10.9 Å². The van der Waals surface area contributed by atoms with Crippen molar-refractivity contribution in [3.05, 3.63) is 80.5 Å². The Kier molecular flexibility index (Phi) is 7.01. The van der Waals surface area contributed by atoms with Gasteiger partial charge in [-0.15, -0.1) is 0 Å². The first-order valence-corrected chi connectivity index (χ1v) is 10.2. The largest absolute Gasteiger partial charge is 0.444 e. The minimum atomic E-state index is -0.445. The summed E-state index contributed by atoms with van der Waals surface area (Å²) in [4.78, 5) is 24.0. The van der Waals surface area contributed by atoms with Crippen molar-refractivity contribution < 1.29 is 18.4 Å². The molecule has 0 saturated carbocycles. The number of amides is 2. The van der Waals surface area contributed by atoms with E-state index in [1.807, 2.05) is 24.3 Å². The molecule has 30 heavy (non-hydrogen) atoms. The number of furan rings is 2. The van der Waals surface area contributed by atoms with Crippen LogP contribution in [0.15, 0.2) is 76.9 Å². The van der Waals surface area contributed by atoms with Crippen LogP contribution in [0.3, 0.4) is 0 Å². The number of carbonyl (C=O) groups excluding carboxylic acids is 2. The highest BCUT2D eigenvalue weighted by Crippen LogP contribution is 2.15. The number of halogens is 2. The monoisotopic (exact) mass is 534 g/mol. The third-order valence-corrected chi connectivity index (χ3v) is 4.82. The van der Waals surface area contributed by atoms with E-state index < -0.39 is 11.8 Å². The van der Waals surface area contributed by atoms with Gasteiger partial charge in [0.25, 0.3) is 0 Å². The zero-order valence-corrected chi connectivity index (χ0v) is 19.1. The fraction of sp³-hybridized carbons (Fsp3) is 0.100. The Morgan fingerprint density at radius 2 is 1.07 bits per heavy atom. The van der Waals surface area contributed by atoms with E-state index in [2.05, 4.69) is 52.9 Å². The van der Waals surface area contributed by atoms with E-state index in [9.17, 15) is 9.59 Å². The predicted octanol–water partition coefficient (Wildman–Crippen LogP) is 4.71. The molecule has 0 bridgehead atoms. The van der Waals surface area contributed by atoms with Crippen molar-refractivity contribution in [2.45, 2.75) is 13.8 Å². The predicted molar refractivity (Wildman–Crippen MR) is 119 cm³/mol. The topological polar surface area (TPSA) is 109 Å². The summed E-state index contributed by atoms with van der Waals surface area (Å²) >= 11 is 6.29. The lowest BCUT2D eigenvalue weighted by Crippen LogP contribution is -2.19. The van der Waals surface area contributed by atoms with Gasteiger partial charge in [0.15, 0.2) is 20.9 Å². The van der Waals surface area contributed by atoms with Gasteiger partial charge in [0, 0.05) is 0 Å². The van der Waals surface area contributed by atoms with Crippen molar-refractivity contribution in [2.75, 3.05) is 0 Å². The molecule has 3 aromatic rings. The van der Waals surface area contributed by atoms with E-state index in [1.165, 1.54) is 0 Å². The Balaban J connectivity index is 1.61. The van der Waals surface area contributed by atoms with Gasteiger partial charge in [-0.2, -0.15) is 10.2 Å². The molecule has 10 heteroatoms. The van der Waals surface area contributed by atoms with Gasteiger partial charge in [-0.3, -0.25) is 9.59 Å². The first-order valence-electron chi connectivity index (χ1n) is 8.64. The molecule has 0 fully saturated rings. The average molecular weight is 536 g/mol. The Hall–Kier alpha value is -2.98. The van der Waals surface area contributed by atoms with E-state index in [1.54, 1.807) is 38.1 Å². The summed E-state index contributed by atoms with van der Waals surface area (Å²) in [5, 5.41) is 8.18. The molecule has 2 N–H and O–H groups in total. The molecule has 0 aliphatic rings. The van der Waals surface area contributed by atoms with Crippen LogP contribution in [0, 0.1) is 0 Å². The Labute approximate surface area is 188 Å². The van der Waals surface area contributed by atoms with Gasteiger partial charge in [-0.1, -0.05) is 24.3 Å². The summed E-state index contributed by atoms with van der Waals surface area (Å²) < 4.78 is 11.3. The quantitative estimate of drug-likeness (QED) is 0.352. The fourth-order valence-electron chi connectivity index (χ4n) is 2.33. The molecule has 1 aromatic carbocycles. The van der Waals surface area contributed by atoms with Gasteiger partial charge < -0.3 is 8.83 Å². The second-order valence-corrected chi connectivity index (χ2v) is 7.62. The molecule has 2 heterocycles. The highest BCUT2D eigenvalue weighted by atomic mass is 79.9. The molecule has 154 valence electrons. The van der Waals surface area contributed by atoms with Crippen molar-refractivity contribution in [3.8, 4) is 0 Å². The second-order valence-electron chi connectivity index (χ2n) is 6.06. The standard InChI is InChI=1S/C20H16Br2N4O4/c1-11(23-25-19(27)15-7-9-17(21)29-15)13-3-5-14(6-4-13)12(2)24-26-20(28)16-8-10-18(22)30-16/h3-10H,1-2H3,(H,25,27)(H,26,28)/b23-11-,24-12?. The van der Waals surface area contributed by atoms with Crippen molar-refractivity contribution in [1.82, 2.24) is 10.9 Å². The molecule has 0 unspecified atom stereocenters. The Morgan fingerprint density at radius 1 is 0.700 bits per heavy atom. The van der Waals surface area contributed by atoms with E-state index in [0.29, 0.717) is 20.8 Å². The van der Waals surface area contributed by atoms with Crippen LogP contribution in [0.1, 0.15) is 46.1 Å². The first kappa shape index (κ1) is 21.7. The summed E-state index contributed by atoms with van der Waals surface area (Å²) in [5.74, 6) is -0.577. The van der Waals surface area contributed by atoms with Crippen molar-refractivity contribution >= 4 is 55.1 Å². The molecule has 3 rings (SSSR count). The SMILES string of the molecule is CC(=NNC(=O)c1ccc(Br)o1)c1ccc(/C(C)=N\NC(=O)c2ccc(Br)o2)cc1. The number of benzene rings is 1. The summed E-state index contributed by atoms with van der Waals surface area (Å²) in [5.41, 5.74) is 7.77. The van der Waals surface area contributed by atoms with Crippen LogP contribution in [-0.2, 0) is 0 Å². The number of hydrogen-bond donors (Lipinski definition) is 2. The van der Waals surface area contributed by atoms with Crippen LogP contribution in [0.2, 0.25) is 0 Å². The normalized spacial score (nSPS) is 12.0. The smallest absolute Gasteiger partial charge is 0.307 e. The van der Waals surface area contributed by atoms with Crippen LogP contribution >= 0.6 is 31.9 Å². The van der Waals surface area contributed by atoms with Gasteiger partial charge in [0.1, 0.15) is 0 Å². The third-order valence-electron chi connectivity index (χ3n) is 3.96. The van der Waals surface area contributed by atoms with Crippen LogP contribution in [0.5, 0.6) is 0 Å². The molecule has 0 saturated heterocycles. The van der Waals surface area contributed by atoms with E-state index in [4.69, 9.17) is 8.83 Å². The minimum Gasteiger partial charge on any atom is -0.444 e. The van der Waals surface area contributed by atoms with Gasteiger partial charge in [-0.05, 0) is 81.1 Å². The molecule has 0 radical (unpaired) electrons. The average Bonchev–Trinajstić information content (AvgIpc) is 3.38. The summed E-state index contributed by atoms with van der Waals surface area (Å²) in [7, 11) is 0. The number of hydrazone groups is 2. The van der Waals surface area contributed by atoms with Gasteiger partial charge in [0.05, 0.1) is 11.4 Å². The lowest BCUT2D eigenvalue weighted by Gasteiger charge is -2.05. The van der Waals surface area contributed by atoms with Gasteiger partial charge in [0.2, 0.25) is 0 Å². The Morgan fingerprint density at radius 3 is 1.37 bits per heavy atom. The number of hydrogen-bond acceptors (Lipinski definition) is 6. The molecule has 0 atom stereocenters. The lowest BCUT2D eigenvalue weighted by molar-refractivity contribution is 0.0918. The van der Waals surface area contributed by atoms with Gasteiger partial charge >= 0.3 is 11.8 Å². The summed E-state index contributed by atoms with van der Waals surface area (Å²) in [6.45, 7) is 3.55.